The van der Waals surface area contributed by atoms with Gasteiger partial charge in [0.25, 0.3) is 0 Å². The van der Waals surface area contributed by atoms with E-state index in [-0.39, 0.29) is 18.2 Å². The number of hydrogen-bond donors (Lipinski definition) is 2. The number of nitrogens with zero attached hydrogens (tertiary/aromatic N) is 1. The highest BCUT2D eigenvalue weighted by molar-refractivity contribution is 8.01. The van der Waals surface area contributed by atoms with Gasteiger partial charge >= 0.3 is 0 Å². The SMILES string of the molecule is CN(c1ccccc1)c1ccccc1NC(=O)CC1Sc2ccccc2NC1=O. The Hall–Kier alpha value is -3.25. The van der Waals surface area contributed by atoms with Crippen LogP contribution in [0.1, 0.15) is 6.42 Å². The third-order valence-corrected chi connectivity index (χ3v) is 6.04. The van der Waals surface area contributed by atoms with Crippen molar-refractivity contribution in [3.63, 3.8) is 0 Å². The lowest BCUT2D eigenvalue weighted by Gasteiger charge is -2.25. The maximum atomic E-state index is 12.7. The molecule has 146 valence electrons. The van der Waals surface area contributed by atoms with Gasteiger partial charge in [-0.15, -0.1) is 11.8 Å². The number of thioether (sulfide) groups is 1. The van der Waals surface area contributed by atoms with Crippen LogP contribution in [0.5, 0.6) is 0 Å². The highest BCUT2D eigenvalue weighted by atomic mass is 32.2. The van der Waals surface area contributed by atoms with Gasteiger partial charge in [0, 0.05) is 24.1 Å². The van der Waals surface area contributed by atoms with Crippen molar-refractivity contribution in [3.8, 4) is 0 Å². The van der Waals surface area contributed by atoms with Gasteiger partial charge in [-0.1, -0.05) is 42.5 Å². The summed E-state index contributed by atoms with van der Waals surface area (Å²) in [6.45, 7) is 0. The van der Waals surface area contributed by atoms with Gasteiger partial charge in [0.15, 0.2) is 0 Å². The molecular weight excluding hydrogens is 382 g/mol. The first-order chi connectivity index (χ1) is 14.1. The highest BCUT2D eigenvalue weighted by Gasteiger charge is 2.29. The summed E-state index contributed by atoms with van der Waals surface area (Å²) < 4.78 is 0. The van der Waals surface area contributed by atoms with Crippen molar-refractivity contribution in [3.05, 3.63) is 78.9 Å². The molecule has 0 aliphatic carbocycles. The minimum absolute atomic E-state index is 0.105. The number of hydrogen-bond acceptors (Lipinski definition) is 4. The van der Waals surface area contributed by atoms with E-state index in [1.807, 2.05) is 90.8 Å². The summed E-state index contributed by atoms with van der Waals surface area (Å²) in [5.41, 5.74) is 3.42. The second-order valence-electron chi connectivity index (χ2n) is 6.76. The topological polar surface area (TPSA) is 61.4 Å². The van der Waals surface area contributed by atoms with Crippen molar-refractivity contribution in [1.82, 2.24) is 0 Å². The fourth-order valence-corrected chi connectivity index (χ4v) is 4.37. The Kier molecular flexibility index (Phi) is 5.53. The first-order valence-electron chi connectivity index (χ1n) is 9.36. The third-order valence-electron chi connectivity index (χ3n) is 4.76. The minimum Gasteiger partial charge on any atom is -0.343 e. The monoisotopic (exact) mass is 403 g/mol. The second-order valence-corrected chi connectivity index (χ2v) is 8.00. The van der Waals surface area contributed by atoms with E-state index in [9.17, 15) is 9.59 Å². The normalized spacial score (nSPS) is 15.2. The minimum atomic E-state index is -0.455. The molecule has 1 atom stereocenters. The molecule has 0 radical (unpaired) electrons. The fourth-order valence-electron chi connectivity index (χ4n) is 3.26. The van der Waals surface area contributed by atoms with Gasteiger partial charge < -0.3 is 15.5 Å². The lowest BCUT2D eigenvalue weighted by Crippen LogP contribution is -2.32. The molecule has 29 heavy (non-hydrogen) atoms. The van der Waals surface area contributed by atoms with Gasteiger partial charge in [0.2, 0.25) is 11.8 Å². The Balaban J connectivity index is 1.48. The van der Waals surface area contributed by atoms with Gasteiger partial charge in [0.1, 0.15) is 0 Å². The number of carbonyl (C=O) groups is 2. The zero-order chi connectivity index (χ0) is 20.2. The summed E-state index contributed by atoms with van der Waals surface area (Å²) in [5, 5.41) is 5.41. The van der Waals surface area contributed by atoms with Crippen LogP contribution in [0.4, 0.5) is 22.7 Å². The summed E-state index contributed by atoms with van der Waals surface area (Å²) in [4.78, 5) is 28.1. The number of amides is 2. The molecule has 3 aromatic carbocycles. The van der Waals surface area contributed by atoms with Crippen molar-refractivity contribution >= 4 is 46.3 Å². The highest BCUT2D eigenvalue weighted by Crippen LogP contribution is 2.37. The third kappa shape index (κ3) is 4.27. The molecule has 0 aromatic heterocycles. The summed E-state index contributed by atoms with van der Waals surface area (Å²) in [7, 11) is 1.96. The Bertz CT molecular complexity index is 1040. The predicted molar refractivity (Wildman–Crippen MR) is 119 cm³/mol. The average molecular weight is 404 g/mol. The van der Waals surface area contributed by atoms with Crippen molar-refractivity contribution < 1.29 is 9.59 Å². The van der Waals surface area contributed by atoms with Crippen LogP contribution in [0.25, 0.3) is 0 Å². The molecule has 0 fully saturated rings. The van der Waals surface area contributed by atoms with Crippen LogP contribution >= 0.6 is 11.8 Å². The fraction of sp³-hybridized carbons (Fsp3) is 0.130. The number of carbonyl (C=O) groups excluding carboxylic acids is 2. The van der Waals surface area contributed by atoms with Crippen molar-refractivity contribution in [2.75, 3.05) is 22.6 Å². The Morgan fingerprint density at radius 3 is 2.52 bits per heavy atom. The molecule has 1 heterocycles. The Labute approximate surface area is 174 Å². The molecule has 0 bridgehead atoms. The second kappa shape index (κ2) is 8.41. The maximum absolute atomic E-state index is 12.7. The molecule has 2 N–H and O–H groups in total. The molecule has 6 heteroatoms. The lowest BCUT2D eigenvalue weighted by molar-refractivity contribution is -0.120. The van der Waals surface area contributed by atoms with E-state index in [1.54, 1.807) is 0 Å². The van der Waals surface area contributed by atoms with Gasteiger partial charge in [0.05, 0.1) is 22.3 Å². The first kappa shape index (κ1) is 19.1. The molecule has 1 aliphatic heterocycles. The predicted octanol–water partition coefficient (Wildman–Crippen LogP) is 4.90. The van der Waals surface area contributed by atoms with E-state index in [4.69, 9.17) is 0 Å². The summed E-state index contributed by atoms with van der Waals surface area (Å²) >= 11 is 1.43. The number of para-hydroxylation sites is 4. The number of nitrogens with one attached hydrogen (secondary N) is 2. The van der Waals surface area contributed by atoms with Gasteiger partial charge in [-0.05, 0) is 36.4 Å². The van der Waals surface area contributed by atoms with E-state index in [0.717, 1.165) is 22.0 Å². The molecule has 4 rings (SSSR count). The van der Waals surface area contributed by atoms with Crippen LogP contribution in [0.3, 0.4) is 0 Å². The standard InChI is InChI=1S/C23H21N3O2S/c1-26(16-9-3-2-4-10-16)19-13-7-5-11-17(19)24-22(27)15-21-23(28)25-18-12-6-8-14-20(18)29-21/h2-14,21H,15H2,1H3,(H,24,27)(H,25,28). The van der Waals surface area contributed by atoms with E-state index in [2.05, 4.69) is 10.6 Å². The van der Waals surface area contributed by atoms with Crippen molar-refractivity contribution in [2.45, 2.75) is 16.6 Å². The molecule has 2 amide bonds. The number of rotatable bonds is 5. The molecule has 3 aromatic rings. The zero-order valence-electron chi connectivity index (χ0n) is 16.0. The molecule has 1 aliphatic rings. The molecule has 0 saturated carbocycles. The molecule has 1 unspecified atom stereocenters. The molecule has 5 nitrogen and oxygen atoms in total. The van der Waals surface area contributed by atoms with E-state index < -0.39 is 5.25 Å². The number of anilines is 4. The van der Waals surface area contributed by atoms with Gasteiger partial charge in [-0.2, -0.15) is 0 Å². The van der Waals surface area contributed by atoms with E-state index in [1.165, 1.54) is 11.8 Å². The van der Waals surface area contributed by atoms with Gasteiger partial charge in [-0.3, -0.25) is 9.59 Å². The summed E-state index contributed by atoms with van der Waals surface area (Å²) in [5.74, 6) is -0.329. The van der Waals surface area contributed by atoms with Gasteiger partial charge in [-0.25, -0.2) is 0 Å². The molecular formula is C23H21N3O2S. The lowest BCUT2D eigenvalue weighted by atomic mass is 10.2. The number of benzene rings is 3. The van der Waals surface area contributed by atoms with E-state index >= 15 is 0 Å². The average Bonchev–Trinajstić information content (AvgIpc) is 2.75. The van der Waals surface area contributed by atoms with E-state index in [0.29, 0.717) is 5.69 Å². The van der Waals surface area contributed by atoms with Crippen LogP contribution in [-0.2, 0) is 9.59 Å². The Morgan fingerprint density at radius 1 is 1.00 bits per heavy atom. The van der Waals surface area contributed by atoms with Crippen molar-refractivity contribution in [1.29, 1.82) is 0 Å². The summed E-state index contributed by atoms with van der Waals surface area (Å²) in [6.07, 6.45) is 0.105. The van der Waals surface area contributed by atoms with Crippen LogP contribution < -0.4 is 15.5 Å². The van der Waals surface area contributed by atoms with Crippen LogP contribution in [0.2, 0.25) is 0 Å². The quantitative estimate of drug-likeness (QED) is 0.636. The smallest absolute Gasteiger partial charge is 0.238 e. The van der Waals surface area contributed by atoms with Crippen LogP contribution in [-0.4, -0.2) is 24.1 Å². The summed E-state index contributed by atoms with van der Waals surface area (Å²) in [6, 6.07) is 25.2. The number of fused-ring (bicyclic) bond motifs is 1. The van der Waals surface area contributed by atoms with Crippen molar-refractivity contribution in [2.24, 2.45) is 0 Å². The zero-order valence-corrected chi connectivity index (χ0v) is 16.8. The van der Waals surface area contributed by atoms with Crippen LogP contribution in [0.15, 0.2) is 83.8 Å². The Morgan fingerprint density at radius 2 is 1.69 bits per heavy atom. The van der Waals surface area contributed by atoms with Crippen LogP contribution in [0, 0.1) is 0 Å². The first-order valence-corrected chi connectivity index (χ1v) is 10.2. The molecule has 0 spiro atoms. The largest absolute Gasteiger partial charge is 0.343 e. The molecule has 0 saturated heterocycles. The maximum Gasteiger partial charge on any atom is 0.238 e.